The van der Waals surface area contributed by atoms with Crippen LogP contribution in [0.15, 0.2) is 24.8 Å². The minimum absolute atomic E-state index is 1.16. The monoisotopic (exact) mass is 398 g/mol. The third kappa shape index (κ3) is 13.0. The van der Waals surface area contributed by atoms with Crippen LogP contribution in [0.25, 0.3) is 5.57 Å². The van der Waals surface area contributed by atoms with E-state index in [-0.39, 0.29) is 0 Å². The van der Waals surface area contributed by atoms with E-state index in [1.54, 1.807) is 0 Å². The predicted molar refractivity (Wildman–Crippen MR) is 134 cm³/mol. The molecule has 0 radical (unpaired) electrons. The zero-order chi connectivity index (χ0) is 21.2. The maximum Gasteiger partial charge on any atom is -0.0201 e. The predicted octanol–water partition coefficient (Wildman–Crippen LogP) is 10.2. The van der Waals surface area contributed by atoms with Gasteiger partial charge in [-0.15, -0.1) is 0 Å². The van der Waals surface area contributed by atoms with Crippen LogP contribution in [-0.4, -0.2) is 0 Å². The van der Waals surface area contributed by atoms with Gasteiger partial charge in [-0.2, -0.15) is 0 Å². The molecule has 166 valence electrons. The van der Waals surface area contributed by atoms with Crippen molar-refractivity contribution in [2.75, 3.05) is 0 Å². The Hall–Kier alpha value is -1.04. The fourth-order valence-corrected chi connectivity index (χ4v) is 4.35. The summed E-state index contributed by atoms with van der Waals surface area (Å²) in [6.45, 7) is 11.2. The smallest absolute Gasteiger partial charge is 0.0201 e. The molecule has 1 rings (SSSR count). The van der Waals surface area contributed by atoms with Crippen molar-refractivity contribution in [2.24, 2.45) is 0 Å². The molecule has 0 amide bonds. The second-order valence-electron chi connectivity index (χ2n) is 9.20. The number of benzene rings is 1. The molecular formula is C29H50. The molecule has 0 saturated carbocycles. The summed E-state index contributed by atoms with van der Waals surface area (Å²) in [5, 5.41) is 0. The quantitative estimate of drug-likeness (QED) is 0.203. The number of rotatable bonds is 19. The summed E-state index contributed by atoms with van der Waals surface area (Å²) in [5.74, 6) is 0. The van der Waals surface area contributed by atoms with Crippen molar-refractivity contribution < 1.29 is 0 Å². The van der Waals surface area contributed by atoms with E-state index >= 15 is 0 Å². The molecule has 0 N–H and O–H groups in total. The molecule has 1 aromatic carbocycles. The molecule has 0 aliphatic rings. The molecule has 0 heteroatoms. The number of hydrogen-bond acceptors (Lipinski definition) is 0. The summed E-state index contributed by atoms with van der Waals surface area (Å²) in [6, 6.07) is 7.10. The topological polar surface area (TPSA) is 0 Å². The standard InChI is InChI=1S/C29H50/c1-5-7-9-11-13-15-17-19-21-26(3)29-24-23-28(25-27(29)4)22-20-18-16-14-12-10-8-6-2/h23-25H,3,5-22H2,1-2,4H3. The Morgan fingerprint density at radius 3 is 1.66 bits per heavy atom. The highest BCUT2D eigenvalue weighted by Crippen LogP contribution is 2.25. The molecule has 0 heterocycles. The van der Waals surface area contributed by atoms with Crippen LogP contribution in [0.1, 0.15) is 140 Å². The molecule has 0 spiro atoms. The average Bonchev–Trinajstić information content (AvgIpc) is 2.72. The van der Waals surface area contributed by atoms with E-state index in [9.17, 15) is 0 Å². The summed E-state index contributed by atoms with van der Waals surface area (Å²) >= 11 is 0. The molecule has 0 aromatic heterocycles. The number of allylic oxidation sites excluding steroid dienone is 1. The van der Waals surface area contributed by atoms with E-state index in [2.05, 4.69) is 45.5 Å². The Morgan fingerprint density at radius 1 is 0.655 bits per heavy atom. The normalized spacial score (nSPS) is 11.1. The highest BCUT2D eigenvalue weighted by Gasteiger charge is 2.05. The van der Waals surface area contributed by atoms with Gasteiger partial charge in [-0.1, -0.05) is 129 Å². The van der Waals surface area contributed by atoms with Gasteiger partial charge in [0.1, 0.15) is 0 Å². The Balaban J connectivity index is 2.18. The van der Waals surface area contributed by atoms with Crippen LogP contribution in [0.2, 0.25) is 0 Å². The first-order valence-electron chi connectivity index (χ1n) is 13.0. The Kier molecular flexibility index (Phi) is 15.9. The average molecular weight is 399 g/mol. The molecule has 0 unspecified atom stereocenters. The molecule has 0 aliphatic heterocycles. The lowest BCUT2D eigenvalue weighted by molar-refractivity contribution is 0.575. The van der Waals surface area contributed by atoms with Gasteiger partial charge in [-0.3, -0.25) is 0 Å². The second kappa shape index (κ2) is 17.8. The van der Waals surface area contributed by atoms with Gasteiger partial charge in [-0.05, 0) is 54.9 Å². The van der Waals surface area contributed by atoms with Gasteiger partial charge in [0.2, 0.25) is 0 Å². The van der Waals surface area contributed by atoms with Crippen molar-refractivity contribution in [1.29, 1.82) is 0 Å². The van der Waals surface area contributed by atoms with Crippen LogP contribution in [0, 0.1) is 6.92 Å². The van der Waals surface area contributed by atoms with Crippen LogP contribution in [0.3, 0.4) is 0 Å². The Morgan fingerprint density at radius 2 is 1.14 bits per heavy atom. The largest absolute Gasteiger partial charge is 0.0952 e. The Bertz CT molecular complexity index is 525. The van der Waals surface area contributed by atoms with E-state index in [0.29, 0.717) is 0 Å². The number of aryl methyl sites for hydroxylation is 2. The van der Waals surface area contributed by atoms with Gasteiger partial charge < -0.3 is 0 Å². The van der Waals surface area contributed by atoms with Gasteiger partial charge in [0, 0.05) is 0 Å². The third-order valence-electron chi connectivity index (χ3n) is 6.32. The summed E-state index contributed by atoms with van der Waals surface area (Å²) in [6.07, 6.45) is 24.7. The molecular weight excluding hydrogens is 348 g/mol. The molecule has 1 aromatic rings. The zero-order valence-electron chi connectivity index (χ0n) is 20.2. The minimum Gasteiger partial charge on any atom is -0.0952 e. The van der Waals surface area contributed by atoms with Gasteiger partial charge in [-0.25, -0.2) is 0 Å². The summed E-state index contributed by atoms with van der Waals surface area (Å²) in [5.41, 5.74) is 5.67. The fraction of sp³-hybridized carbons (Fsp3) is 0.724. The summed E-state index contributed by atoms with van der Waals surface area (Å²) in [4.78, 5) is 0. The first-order valence-corrected chi connectivity index (χ1v) is 13.0. The SMILES string of the molecule is C=C(CCCCCCCCCC)c1ccc(CCCCCCCCCC)cc1C. The highest BCUT2D eigenvalue weighted by atomic mass is 14.1. The van der Waals surface area contributed by atoms with Crippen molar-refractivity contribution in [1.82, 2.24) is 0 Å². The van der Waals surface area contributed by atoms with Crippen molar-refractivity contribution in [2.45, 2.75) is 136 Å². The van der Waals surface area contributed by atoms with E-state index in [0.717, 1.165) is 6.42 Å². The van der Waals surface area contributed by atoms with E-state index < -0.39 is 0 Å². The third-order valence-corrected chi connectivity index (χ3v) is 6.32. The maximum atomic E-state index is 4.39. The van der Waals surface area contributed by atoms with Crippen molar-refractivity contribution in [3.63, 3.8) is 0 Å². The van der Waals surface area contributed by atoms with E-state index in [1.165, 1.54) is 131 Å². The van der Waals surface area contributed by atoms with Crippen molar-refractivity contribution in [3.05, 3.63) is 41.5 Å². The number of hydrogen-bond donors (Lipinski definition) is 0. The van der Waals surface area contributed by atoms with Gasteiger partial charge in [0.05, 0.1) is 0 Å². The van der Waals surface area contributed by atoms with Crippen molar-refractivity contribution >= 4 is 5.57 Å². The summed E-state index contributed by atoms with van der Waals surface area (Å²) in [7, 11) is 0. The van der Waals surface area contributed by atoms with Crippen molar-refractivity contribution in [3.8, 4) is 0 Å². The second-order valence-corrected chi connectivity index (χ2v) is 9.20. The lowest BCUT2D eigenvalue weighted by atomic mass is 9.94. The van der Waals surface area contributed by atoms with Crippen LogP contribution in [0.5, 0.6) is 0 Å². The fourth-order valence-electron chi connectivity index (χ4n) is 4.35. The molecule has 0 fully saturated rings. The van der Waals surface area contributed by atoms with E-state index in [1.807, 2.05) is 0 Å². The lowest BCUT2D eigenvalue weighted by Gasteiger charge is -2.12. The lowest BCUT2D eigenvalue weighted by Crippen LogP contribution is -1.93. The van der Waals surface area contributed by atoms with Crippen LogP contribution >= 0.6 is 0 Å². The minimum atomic E-state index is 1.16. The molecule has 0 nitrogen and oxygen atoms in total. The first-order chi connectivity index (χ1) is 14.2. The summed E-state index contributed by atoms with van der Waals surface area (Å²) < 4.78 is 0. The zero-order valence-corrected chi connectivity index (χ0v) is 20.2. The van der Waals surface area contributed by atoms with Crippen LogP contribution in [0.4, 0.5) is 0 Å². The highest BCUT2D eigenvalue weighted by molar-refractivity contribution is 5.66. The van der Waals surface area contributed by atoms with Gasteiger partial charge >= 0.3 is 0 Å². The van der Waals surface area contributed by atoms with Gasteiger partial charge in [0.25, 0.3) is 0 Å². The van der Waals surface area contributed by atoms with Gasteiger partial charge in [0.15, 0.2) is 0 Å². The Labute approximate surface area is 183 Å². The molecule has 0 aliphatic carbocycles. The maximum absolute atomic E-state index is 4.39. The number of unbranched alkanes of at least 4 members (excludes halogenated alkanes) is 14. The molecule has 29 heavy (non-hydrogen) atoms. The van der Waals surface area contributed by atoms with Crippen LogP contribution in [-0.2, 0) is 6.42 Å². The molecule has 0 atom stereocenters. The molecule has 0 saturated heterocycles. The van der Waals surface area contributed by atoms with Crippen LogP contribution < -0.4 is 0 Å². The first kappa shape index (κ1) is 26.0. The van der Waals surface area contributed by atoms with E-state index in [4.69, 9.17) is 0 Å². The molecule has 0 bridgehead atoms.